The summed E-state index contributed by atoms with van der Waals surface area (Å²) in [5.74, 6) is 0.504. The molecule has 1 unspecified atom stereocenters. The van der Waals surface area contributed by atoms with Gasteiger partial charge in [-0.15, -0.1) is 11.6 Å². The number of fused-ring (bicyclic) bond motifs is 1. The van der Waals surface area contributed by atoms with Gasteiger partial charge in [-0.2, -0.15) is 18.3 Å². The molecule has 0 spiro atoms. The second-order valence-corrected chi connectivity index (χ2v) is 10.1. The van der Waals surface area contributed by atoms with Gasteiger partial charge in [-0.3, -0.25) is 13.9 Å². The van der Waals surface area contributed by atoms with Gasteiger partial charge in [-0.1, -0.05) is 6.92 Å². The smallest absolute Gasteiger partial charge is 0.337 e. The van der Waals surface area contributed by atoms with E-state index in [2.05, 4.69) is 20.4 Å². The van der Waals surface area contributed by atoms with Gasteiger partial charge >= 0.3 is 6.18 Å². The Hall–Kier alpha value is -3.74. The van der Waals surface area contributed by atoms with Gasteiger partial charge in [-0.05, 0) is 43.5 Å². The van der Waals surface area contributed by atoms with Crippen molar-refractivity contribution in [3.05, 3.63) is 59.8 Å². The Morgan fingerprint density at radius 3 is 2.65 bits per heavy atom. The minimum absolute atomic E-state index is 0.0142. The first-order valence-corrected chi connectivity index (χ1v) is 13.0. The van der Waals surface area contributed by atoms with E-state index >= 15 is 0 Å². The van der Waals surface area contributed by atoms with E-state index in [9.17, 15) is 26.7 Å². The van der Waals surface area contributed by atoms with E-state index in [1.807, 2.05) is 19.9 Å². The number of anilines is 2. The van der Waals surface area contributed by atoms with Crippen molar-refractivity contribution in [2.24, 2.45) is 0 Å². The third-order valence-electron chi connectivity index (χ3n) is 7.10. The Morgan fingerprint density at radius 1 is 1.25 bits per heavy atom. The van der Waals surface area contributed by atoms with Crippen molar-refractivity contribution in [1.82, 2.24) is 29.0 Å². The Morgan fingerprint density at radius 2 is 2.02 bits per heavy atom. The van der Waals surface area contributed by atoms with Crippen LogP contribution < -0.4 is 5.32 Å². The number of aromatic nitrogens is 5. The van der Waals surface area contributed by atoms with Crippen molar-refractivity contribution in [2.75, 3.05) is 17.7 Å². The second-order valence-electron chi connectivity index (χ2n) is 9.80. The van der Waals surface area contributed by atoms with Gasteiger partial charge in [0.05, 0.1) is 23.0 Å². The van der Waals surface area contributed by atoms with Gasteiger partial charge in [0.15, 0.2) is 17.2 Å². The van der Waals surface area contributed by atoms with Gasteiger partial charge in [0.2, 0.25) is 0 Å². The summed E-state index contributed by atoms with van der Waals surface area (Å²) in [6.07, 6.45) is -1.38. The van der Waals surface area contributed by atoms with E-state index < -0.39 is 24.8 Å². The molecule has 1 aliphatic rings. The van der Waals surface area contributed by atoms with Crippen LogP contribution in [-0.2, 0) is 19.1 Å². The lowest BCUT2D eigenvalue weighted by Gasteiger charge is -2.50. The molecule has 0 saturated carbocycles. The number of amides is 1. The largest absolute Gasteiger partial charge is 0.435 e. The van der Waals surface area contributed by atoms with Crippen LogP contribution in [0.5, 0.6) is 0 Å². The lowest BCUT2D eigenvalue weighted by atomic mass is 9.87. The third-order valence-corrected chi connectivity index (χ3v) is 7.67. The molecular weight excluding hydrogens is 557 g/mol. The summed E-state index contributed by atoms with van der Waals surface area (Å²) in [7, 11) is 0. The lowest BCUT2D eigenvalue weighted by molar-refractivity contribution is -0.141. The number of hydrogen-bond donors (Lipinski definition) is 1. The highest BCUT2D eigenvalue weighted by Gasteiger charge is 2.43. The van der Waals surface area contributed by atoms with Crippen molar-refractivity contribution in [3.8, 4) is 11.3 Å². The Kier molecular flexibility index (Phi) is 7.19. The van der Waals surface area contributed by atoms with E-state index in [0.717, 1.165) is 18.2 Å². The van der Waals surface area contributed by atoms with Crippen molar-refractivity contribution in [2.45, 2.75) is 51.4 Å². The molecule has 1 fully saturated rings. The summed E-state index contributed by atoms with van der Waals surface area (Å²) in [5, 5.41) is 6.48. The number of halogens is 6. The molecule has 4 heterocycles. The molecule has 0 radical (unpaired) electrons. The number of benzene rings is 1. The highest BCUT2D eigenvalue weighted by Crippen LogP contribution is 2.37. The van der Waals surface area contributed by atoms with Crippen molar-refractivity contribution in [3.63, 3.8) is 0 Å². The first-order valence-electron chi connectivity index (χ1n) is 12.5. The van der Waals surface area contributed by atoms with Crippen LogP contribution in [0.15, 0.2) is 43.0 Å². The van der Waals surface area contributed by atoms with Crippen LogP contribution in [0.3, 0.4) is 0 Å². The third kappa shape index (κ3) is 4.98. The average molecular weight is 582 g/mol. The fourth-order valence-electron chi connectivity index (χ4n) is 4.81. The van der Waals surface area contributed by atoms with Crippen molar-refractivity contribution < 1.29 is 26.7 Å². The quantitative estimate of drug-likeness (QED) is 0.203. The minimum atomic E-state index is -4.87. The zero-order chi connectivity index (χ0) is 28.8. The SMILES string of the molecule is CCc1cc(Nc2nccn3c(-c4cn(CC(F)F)nc4C(F)(F)F)cnc23)ccc1C(=O)N1CCC1(C)CCl. The summed E-state index contributed by atoms with van der Waals surface area (Å²) >= 11 is 6.09. The summed E-state index contributed by atoms with van der Waals surface area (Å²) in [6.45, 7) is 3.54. The van der Waals surface area contributed by atoms with Gasteiger partial charge in [0.25, 0.3) is 12.3 Å². The molecule has 1 aromatic carbocycles. The zero-order valence-electron chi connectivity index (χ0n) is 21.5. The van der Waals surface area contributed by atoms with Crippen molar-refractivity contribution in [1.29, 1.82) is 0 Å². The highest BCUT2D eigenvalue weighted by molar-refractivity contribution is 6.19. The molecule has 1 N–H and O–H groups in total. The number of aryl methyl sites for hydroxylation is 1. The Balaban J connectivity index is 1.47. The number of hydrogen-bond acceptors (Lipinski definition) is 5. The van der Waals surface area contributed by atoms with Gasteiger partial charge < -0.3 is 10.2 Å². The molecule has 40 heavy (non-hydrogen) atoms. The molecule has 3 aromatic heterocycles. The topological polar surface area (TPSA) is 80.4 Å². The standard InChI is InChI=1S/C26H25ClF5N7O/c1-3-15-10-16(4-5-17(15)24(40)39-8-6-25(39,2)14-27)35-22-23-34-11-19(38(23)9-7-33-22)18-12-37(13-20(28)29)36-21(18)26(30,31)32/h4-5,7,9-12,20H,3,6,8,13-14H2,1-2H3,(H,33,35). The first kappa shape index (κ1) is 27.8. The number of carbonyl (C=O) groups excluding carboxylic acids is 1. The van der Waals surface area contributed by atoms with Gasteiger partial charge in [0.1, 0.15) is 6.54 Å². The molecular formula is C26H25ClF5N7O. The maximum atomic E-state index is 13.7. The second kappa shape index (κ2) is 10.3. The van der Waals surface area contributed by atoms with Gasteiger partial charge in [-0.25, -0.2) is 18.7 Å². The summed E-state index contributed by atoms with van der Waals surface area (Å²) < 4.78 is 68.8. The maximum absolute atomic E-state index is 13.7. The van der Waals surface area contributed by atoms with Crippen LogP contribution in [0, 0.1) is 0 Å². The molecule has 0 bridgehead atoms. The van der Waals surface area contributed by atoms with Crippen LogP contribution in [0.1, 0.15) is 41.9 Å². The number of carbonyl (C=O) groups is 1. The fraction of sp³-hybridized carbons (Fsp3) is 0.385. The molecule has 1 atom stereocenters. The van der Waals surface area contributed by atoms with Crippen LogP contribution in [0.4, 0.5) is 33.5 Å². The monoisotopic (exact) mass is 581 g/mol. The number of rotatable bonds is 8. The predicted molar refractivity (Wildman–Crippen MR) is 139 cm³/mol. The van der Waals surface area contributed by atoms with E-state index in [1.165, 1.54) is 23.0 Å². The molecule has 1 amide bonds. The zero-order valence-corrected chi connectivity index (χ0v) is 22.3. The molecule has 0 aliphatic carbocycles. The number of alkyl halides is 6. The maximum Gasteiger partial charge on any atom is 0.435 e. The first-order chi connectivity index (χ1) is 18.9. The summed E-state index contributed by atoms with van der Waals surface area (Å²) in [6, 6.07) is 5.26. The highest BCUT2D eigenvalue weighted by atomic mass is 35.5. The van der Waals surface area contributed by atoms with E-state index in [-0.39, 0.29) is 34.2 Å². The fourth-order valence-corrected chi connectivity index (χ4v) is 5.08. The van der Waals surface area contributed by atoms with E-state index in [1.54, 1.807) is 17.0 Å². The molecule has 14 heteroatoms. The van der Waals surface area contributed by atoms with E-state index in [0.29, 0.717) is 34.8 Å². The minimum Gasteiger partial charge on any atom is -0.337 e. The van der Waals surface area contributed by atoms with Crippen LogP contribution in [0.2, 0.25) is 0 Å². The summed E-state index contributed by atoms with van der Waals surface area (Å²) in [4.78, 5) is 23.5. The van der Waals surface area contributed by atoms with Gasteiger partial charge in [0, 0.05) is 42.3 Å². The molecule has 1 aliphatic heterocycles. The lowest BCUT2D eigenvalue weighted by Crippen LogP contribution is -2.61. The Bertz CT molecular complexity index is 1560. The molecule has 1 saturated heterocycles. The predicted octanol–water partition coefficient (Wildman–Crippen LogP) is 6.03. The van der Waals surface area contributed by atoms with Crippen LogP contribution in [0.25, 0.3) is 16.9 Å². The molecule has 5 rings (SSSR count). The molecule has 4 aromatic rings. The average Bonchev–Trinajstić information content (AvgIpc) is 3.51. The number of likely N-dealkylation sites (tertiary alicyclic amines) is 1. The number of nitrogens with one attached hydrogen (secondary N) is 1. The van der Waals surface area contributed by atoms with E-state index in [4.69, 9.17) is 11.6 Å². The number of nitrogens with zero attached hydrogens (tertiary/aromatic N) is 6. The normalized spacial score (nSPS) is 17.5. The molecule has 8 nitrogen and oxygen atoms in total. The van der Waals surface area contributed by atoms with Crippen LogP contribution in [-0.4, -0.2) is 59.3 Å². The number of imidazole rings is 1. The van der Waals surface area contributed by atoms with Crippen LogP contribution >= 0.6 is 11.6 Å². The molecule has 212 valence electrons. The van der Waals surface area contributed by atoms with Crippen molar-refractivity contribution >= 4 is 34.7 Å². The summed E-state index contributed by atoms with van der Waals surface area (Å²) in [5.41, 5.74) is 0.146. The Labute approximate surface area is 230 Å².